The molecule has 0 aromatic heterocycles. The summed E-state index contributed by atoms with van der Waals surface area (Å²) in [7, 11) is 0. The summed E-state index contributed by atoms with van der Waals surface area (Å²) < 4.78 is 26.5. The summed E-state index contributed by atoms with van der Waals surface area (Å²) in [5.41, 5.74) is 0. The van der Waals surface area contributed by atoms with Crippen LogP contribution in [0.5, 0.6) is 0 Å². The van der Waals surface area contributed by atoms with Gasteiger partial charge in [-0.25, -0.2) is 0 Å². The van der Waals surface area contributed by atoms with Gasteiger partial charge < -0.3 is 69.6 Å². The molecule has 3 rings (SSSR count). The Kier molecular flexibility index (Phi) is 8.56. The Bertz CT molecular complexity index is 563. The maximum absolute atomic E-state index is 10.5. The van der Waals surface area contributed by atoms with Crippen molar-refractivity contribution in [2.24, 2.45) is 0 Å². The van der Waals surface area contributed by atoms with Crippen molar-refractivity contribution in [2.45, 2.75) is 79.7 Å². The average Bonchev–Trinajstić information content (AvgIpc) is 2.76. The van der Waals surface area contributed by atoms with Crippen molar-refractivity contribution >= 4 is 0 Å². The number of aliphatic hydroxyl groups excluding tert-OH is 9. The second-order valence-electron chi connectivity index (χ2n) is 7.81. The van der Waals surface area contributed by atoms with E-state index in [0.717, 1.165) is 0 Å². The lowest BCUT2D eigenvalue weighted by atomic mass is 9.98. The van der Waals surface area contributed by atoms with E-state index in [1.807, 2.05) is 0 Å². The van der Waals surface area contributed by atoms with Gasteiger partial charge in [0.2, 0.25) is 0 Å². The Morgan fingerprint density at radius 2 is 1.23 bits per heavy atom. The van der Waals surface area contributed by atoms with E-state index in [1.165, 1.54) is 0 Å². The smallest absolute Gasteiger partial charge is 0.186 e. The monoisotopic (exact) mass is 458 g/mol. The Morgan fingerprint density at radius 3 is 1.87 bits per heavy atom. The van der Waals surface area contributed by atoms with E-state index >= 15 is 0 Å². The van der Waals surface area contributed by atoms with Gasteiger partial charge in [0.15, 0.2) is 12.6 Å². The van der Waals surface area contributed by atoms with Crippen LogP contribution in [0.25, 0.3) is 0 Å². The van der Waals surface area contributed by atoms with E-state index < -0.39 is 86.3 Å². The van der Waals surface area contributed by atoms with Crippen LogP contribution in [0.2, 0.25) is 0 Å². The largest absolute Gasteiger partial charge is 0.394 e. The molecule has 0 spiro atoms. The van der Waals surface area contributed by atoms with Crippen LogP contribution in [-0.4, -0.2) is 152 Å². The molecule has 14 heteroatoms. The molecule has 0 aromatic carbocycles. The molecule has 0 bridgehead atoms. The standard InChI is InChI=1S/C17H30O14/c18-1-7-15(31-17-13(25)10(22)6(20)3-28-17)12(24)14(26)16(30-7)29-4-8-11(23)9(21)5(19)2-27-8/h5-26H,1-4H2/t5-,6+,7+,8+,9+,10-,11+,12+,13+,14+,15+,16+,17-/m0/s1. The van der Waals surface area contributed by atoms with E-state index in [0.29, 0.717) is 0 Å². The van der Waals surface area contributed by atoms with Crippen molar-refractivity contribution in [3.8, 4) is 0 Å². The van der Waals surface area contributed by atoms with Crippen molar-refractivity contribution in [2.75, 3.05) is 26.4 Å². The van der Waals surface area contributed by atoms with E-state index in [2.05, 4.69) is 0 Å². The Morgan fingerprint density at radius 1 is 0.645 bits per heavy atom. The zero-order chi connectivity index (χ0) is 22.9. The molecule has 0 radical (unpaired) electrons. The molecule has 182 valence electrons. The van der Waals surface area contributed by atoms with Crippen molar-refractivity contribution in [1.82, 2.24) is 0 Å². The molecule has 31 heavy (non-hydrogen) atoms. The van der Waals surface area contributed by atoms with Gasteiger partial charge in [-0.1, -0.05) is 0 Å². The molecule has 0 aromatic rings. The van der Waals surface area contributed by atoms with Crippen LogP contribution in [0.15, 0.2) is 0 Å². The number of hydrogen-bond donors (Lipinski definition) is 9. The van der Waals surface area contributed by atoms with E-state index in [4.69, 9.17) is 23.7 Å². The molecular formula is C17H30O14. The van der Waals surface area contributed by atoms with Crippen molar-refractivity contribution in [3.63, 3.8) is 0 Å². The molecule has 3 aliphatic heterocycles. The second kappa shape index (κ2) is 10.6. The molecule has 13 atom stereocenters. The van der Waals surface area contributed by atoms with Gasteiger partial charge in [0.1, 0.15) is 67.1 Å². The number of hydrogen-bond acceptors (Lipinski definition) is 14. The molecule has 3 aliphatic rings. The summed E-state index contributed by atoms with van der Waals surface area (Å²) in [4.78, 5) is 0. The van der Waals surface area contributed by atoms with Gasteiger partial charge in [0.25, 0.3) is 0 Å². The molecular weight excluding hydrogens is 428 g/mol. The zero-order valence-electron chi connectivity index (χ0n) is 16.4. The summed E-state index contributed by atoms with van der Waals surface area (Å²) in [5, 5.41) is 88.8. The SMILES string of the molecule is OC[C@H]1O[C@@H](OC[C@H]2OC[C@H](O)[C@@H](O)[C@@H]2O)[C@H](O)[C@@H](O)[C@@H]1O[C@@H]1OC[C@@H](O)[C@H](O)[C@H]1O. The molecule has 3 heterocycles. The van der Waals surface area contributed by atoms with Crippen LogP contribution < -0.4 is 0 Å². The quantitative estimate of drug-likeness (QED) is 0.180. The van der Waals surface area contributed by atoms with Crippen LogP contribution in [-0.2, 0) is 23.7 Å². The summed E-state index contributed by atoms with van der Waals surface area (Å²) in [6.07, 6.45) is -18.8. The summed E-state index contributed by atoms with van der Waals surface area (Å²) in [6, 6.07) is 0. The predicted octanol–water partition coefficient (Wildman–Crippen LogP) is -6.25. The van der Waals surface area contributed by atoms with E-state index in [9.17, 15) is 46.0 Å². The minimum absolute atomic E-state index is 0.248. The average molecular weight is 458 g/mol. The maximum Gasteiger partial charge on any atom is 0.186 e. The fraction of sp³-hybridized carbons (Fsp3) is 1.00. The summed E-state index contributed by atoms with van der Waals surface area (Å²) >= 11 is 0. The maximum atomic E-state index is 10.5. The molecule has 0 amide bonds. The van der Waals surface area contributed by atoms with Gasteiger partial charge in [-0.3, -0.25) is 0 Å². The van der Waals surface area contributed by atoms with Crippen molar-refractivity contribution in [3.05, 3.63) is 0 Å². The van der Waals surface area contributed by atoms with Gasteiger partial charge >= 0.3 is 0 Å². The van der Waals surface area contributed by atoms with Crippen molar-refractivity contribution in [1.29, 1.82) is 0 Å². The summed E-state index contributed by atoms with van der Waals surface area (Å²) in [6.45, 7) is -1.66. The van der Waals surface area contributed by atoms with Crippen molar-refractivity contribution < 1.29 is 69.6 Å². The fourth-order valence-corrected chi connectivity index (χ4v) is 3.62. The van der Waals surface area contributed by atoms with Crippen LogP contribution in [0.1, 0.15) is 0 Å². The highest BCUT2D eigenvalue weighted by Gasteiger charge is 2.49. The Balaban J connectivity index is 1.59. The topological polar surface area (TPSA) is 228 Å². The highest BCUT2D eigenvalue weighted by atomic mass is 16.7. The molecule has 0 saturated carbocycles. The number of rotatable bonds is 6. The van der Waals surface area contributed by atoms with Gasteiger partial charge in [-0.2, -0.15) is 0 Å². The van der Waals surface area contributed by atoms with Crippen LogP contribution in [0.4, 0.5) is 0 Å². The Labute approximate surface area is 176 Å². The third-order valence-electron chi connectivity index (χ3n) is 5.60. The first kappa shape index (κ1) is 25.1. The highest BCUT2D eigenvalue weighted by Crippen LogP contribution is 2.28. The summed E-state index contributed by atoms with van der Waals surface area (Å²) in [5.74, 6) is 0. The number of aliphatic hydroxyl groups is 9. The molecule has 3 fully saturated rings. The molecule has 3 saturated heterocycles. The predicted molar refractivity (Wildman–Crippen MR) is 94.1 cm³/mol. The van der Waals surface area contributed by atoms with Crippen LogP contribution in [0.3, 0.4) is 0 Å². The lowest BCUT2D eigenvalue weighted by Crippen LogP contribution is -2.63. The third kappa shape index (κ3) is 5.34. The fourth-order valence-electron chi connectivity index (χ4n) is 3.62. The molecule has 0 unspecified atom stereocenters. The van der Waals surface area contributed by atoms with E-state index in [1.54, 1.807) is 0 Å². The lowest BCUT2D eigenvalue weighted by Gasteiger charge is -2.45. The van der Waals surface area contributed by atoms with E-state index in [-0.39, 0.29) is 19.8 Å². The lowest BCUT2D eigenvalue weighted by molar-refractivity contribution is -0.351. The first-order chi connectivity index (χ1) is 14.6. The van der Waals surface area contributed by atoms with Gasteiger partial charge in [0, 0.05) is 0 Å². The molecule has 14 nitrogen and oxygen atoms in total. The van der Waals surface area contributed by atoms with Crippen LogP contribution >= 0.6 is 0 Å². The van der Waals surface area contributed by atoms with Gasteiger partial charge in [-0.15, -0.1) is 0 Å². The Hall–Kier alpha value is -0.560. The third-order valence-corrected chi connectivity index (χ3v) is 5.60. The first-order valence-electron chi connectivity index (χ1n) is 9.86. The van der Waals surface area contributed by atoms with Crippen LogP contribution in [0, 0.1) is 0 Å². The van der Waals surface area contributed by atoms with Gasteiger partial charge in [0.05, 0.1) is 26.4 Å². The zero-order valence-corrected chi connectivity index (χ0v) is 16.4. The minimum Gasteiger partial charge on any atom is -0.394 e. The molecule has 9 N–H and O–H groups in total. The second-order valence-corrected chi connectivity index (χ2v) is 7.81. The van der Waals surface area contributed by atoms with Gasteiger partial charge in [-0.05, 0) is 0 Å². The molecule has 0 aliphatic carbocycles. The first-order valence-corrected chi connectivity index (χ1v) is 9.86. The minimum atomic E-state index is -1.69. The highest BCUT2D eigenvalue weighted by molar-refractivity contribution is 4.93. The number of ether oxygens (including phenoxy) is 5. The normalized spacial score (nSPS) is 51.6.